The van der Waals surface area contributed by atoms with E-state index in [0.29, 0.717) is 11.3 Å². The van der Waals surface area contributed by atoms with Crippen LogP contribution in [0.2, 0.25) is 0 Å². The van der Waals surface area contributed by atoms with Gasteiger partial charge in [-0.2, -0.15) is 0 Å². The number of benzene rings is 1. The lowest BCUT2D eigenvalue weighted by molar-refractivity contribution is -0.0161. The van der Waals surface area contributed by atoms with Gasteiger partial charge in [0.15, 0.2) is 0 Å². The fourth-order valence-electron chi connectivity index (χ4n) is 2.83. The number of nitrogens with one attached hydrogen (secondary N) is 1. The van der Waals surface area contributed by atoms with Crippen LogP contribution >= 0.6 is 0 Å². The van der Waals surface area contributed by atoms with Gasteiger partial charge in [-0.25, -0.2) is 4.79 Å². The Kier molecular flexibility index (Phi) is 9.32. The molecule has 1 aromatic carbocycles. The maximum atomic E-state index is 12.8. The van der Waals surface area contributed by atoms with Gasteiger partial charge in [0.05, 0.1) is 25.1 Å². The van der Waals surface area contributed by atoms with E-state index in [1.165, 1.54) is 18.4 Å². The van der Waals surface area contributed by atoms with Crippen LogP contribution in [-0.2, 0) is 9.47 Å². The number of aliphatic hydroxyl groups excluding tert-OH is 4. The van der Waals surface area contributed by atoms with Crippen LogP contribution in [0.1, 0.15) is 36.2 Å². The van der Waals surface area contributed by atoms with E-state index in [-0.39, 0.29) is 36.8 Å². The summed E-state index contributed by atoms with van der Waals surface area (Å²) in [4.78, 5) is 12.8. The third kappa shape index (κ3) is 7.25. The van der Waals surface area contributed by atoms with Crippen molar-refractivity contribution in [2.24, 2.45) is 5.92 Å². The number of hydrogen-bond acceptors (Lipinski definition) is 9. The van der Waals surface area contributed by atoms with Gasteiger partial charge in [-0.3, -0.25) is 0 Å². The number of ether oxygens (including phenoxy) is 2. The van der Waals surface area contributed by atoms with E-state index >= 15 is 0 Å². The third-order valence-corrected chi connectivity index (χ3v) is 5.00. The molecule has 1 aromatic rings. The first-order valence-electron chi connectivity index (χ1n) is 10.1. The van der Waals surface area contributed by atoms with Crippen LogP contribution in [0.5, 0.6) is 5.75 Å². The molecule has 0 aromatic heterocycles. The molecular weight excluding hydrogens is 406 g/mol. The Hall–Kier alpha value is -2.59. The number of rotatable bonds is 4. The van der Waals surface area contributed by atoms with E-state index in [9.17, 15) is 25.2 Å². The van der Waals surface area contributed by atoms with Crippen molar-refractivity contribution in [2.75, 3.05) is 25.1 Å². The Morgan fingerprint density at radius 2 is 1.97 bits per heavy atom. The quantitative estimate of drug-likeness (QED) is 0.380. The third-order valence-electron chi connectivity index (χ3n) is 5.00. The number of phenolic OH excluding ortho intramolecular Hbond substituents is 1. The summed E-state index contributed by atoms with van der Waals surface area (Å²) in [5.41, 5.74) is 0.695. The number of carbonyl (C=O) groups excluding carboxylic acids is 1. The van der Waals surface area contributed by atoms with Crippen molar-refractivity contribution in [3.63, 3.8) is 0 Å². The molecule has 0 radical (unpaired) electrons. The SMILES string of the molecule is C[C@@H]1/C=C\OC[C@@H](O)[C@@H](O)C/C=C/c2cc(NCC(O)CO)cc(O)c2C(=O)O[C@H]1C. The molecule has 1 unspecified atom stereocenters. The van der Waals surface area contributed by atoms with Gasteiger partial charge in [0.1, 0.15) is 30.1 Å². The molecule has 9 nitrogen and oxygen atoms in total. The number of phenols is 1. The van der Waals surface area contributed by atoms with E-state index in [0.717, 1.165) is 0 Å². The number of hydrogen-bond donors (Lipinski definition) is 6. The summed E-state index contributed by atoms with van der Waals surface area (Å²) < 4.78 is 10.8. The minimum atomic E-state index is -1.11. The Balaban J connectivity index is 2.40. The standard InChI is InChI=1S/C22H31NO8/c1-13-6-7-30-12-20(28)18(26)5-3-4-15-8-16(23-10-17(25)11-24)9-19(27)21(15)22(29)31-14(13)2/h3-4,6-9,13-14,17-18,20,23-28H,5,10-12H2,1-2H3/b4-3+,7-6-/t13-,14+,17?,18+,20-/m1/s1. The molecule has 0 bridgehead atoms. The molecule has 0 saturated carbocycles. The summed E-state index contributed by atoms with van der Waals surface area (Å²) in [5, 5.41) is 52.0. The summed E-state index contributed by atoms with van der Waals surface area (Å²) in [5.74, 6) is -1.25. The molecule has 0 saturated heterocycles. The highest BCUT2D eigenvalue weighted by atomic mass is 16.5. The highest BCUT2D eigenvalue weighted by Gasteiger charge is 2.23. The van der Waals surface area contributed by atoms with Crippen molar-refractivity contribution in [3.8, 4) is 5.75 Å². The van der Waals surface area contributed by atoms with Gasteiger partial charge in [-0.1, -0.05) is 19.1 Å². The van der Waals surface area contributed by atoms with Gasteiger partial charge in [0, 0.05) is 24.2 Å². The normalized spacial score (nSPS) is 28.1. The van der Waals surface area contributed by atoms with Gasteiger partial charge in [0.2, 0.25) is 0 Å². The van der Waals surface area contributed by atoms with Crippen LogP contribution in [0.25, 0.3) is 6.08 Å². The number of fused-ring (bicyclic) bond motifs is 1. The van der Waals surface area contributed by atoms with Gasteiger partial charge in [-0.15, -0.1) is 0 Å². The first kappa shape index (κ1) is 24.7. The minimum absolute atomic E-state index is 0.0364. The molecule has 9 heteroatoms. The van der Waals surface area contributed by atoms with Gasteiger partial charge >= 0.3 is 5.97 Å². The van der Waals surface area contributed by atoms with Crippen molar-refractivity contribution in [2.45, 2.75) is 44.7 Å². The second kappa shape index (κ2) is 11.7. The molecule has 172 valence electrons. The highest BCUT2D eigenvalue weighted by Crippen LogP contribution is 2.30. The van der Waals surface area contributed by atoms with Crippen LogP contribution in [0, 0.1) is 5.92 Å². The van der Waals surface area contributed by atoms with Crippen molar-refractivity contribution >= 4 is 17.7 Å². The summed E-state index contributed by atoms with van der Waals surface area (Å²) in [6.45, 7) is 3.05. The lowest BCUT2D eigenvalue weighted by atomic mass is 10.0. The number of aliphatic hydroxyl groups is 4. The average Bonchev–Trinajstić information content (AvgIpc) is 2.73. The lowest BCUT2D eigenvalue weighted by Crippen LogP contribution is -2.29. The molecule has 31 heavy (non-hydrogen) atoms. The number of esters is 1. The maximum absolute atomic E-state index is 12.8. The number of anilines is 1. The largest absolute Gasteiger partial charge is 0.507 e. The molecule has 0 amide bonds. The average molecular weight is 437 g/mol. The fourth-order valence-corrected chi connectivity index (χ4v) is 2.83. The Bertz CT molecular complexity index is 794. The first-order chi connectivity index (χ1) is 14.7. The van der Waals surface area contributed by atoms with Gasteiger partial charge < -0.3 is 40.3 Å². The molecule has 1 aliphatic heterocycles. The lowest BCUT2D eigenvalue weighted by Gasteiger charge is -2.19. The van der Waals surface area contributed by atoms with E-state index in [4.69, 9.17) is 14.6 Å². The summed E-state index contributed by atoms with van der Waals surface area (Å²) in [7, 11) is 0. The zero-order chi connectivity index (χ0) is 23.0. The molecule has 2 rings (SSSR count). The second-order valence-electron chi connectivity index (χ2n) is 7.58. The maximum Gasteiger partial charge on any atom is 0.342 e. The van der Waals surface area contributed by atoms with E-state index < -0.39 is 37.0 Å². The topological polar surface area (TPSA) is 149 Å². The van der Waals surface area contributed by atoms with E-state index in [1.807, 2.05) is 6.92 Å². The smallest absolute Gasteiger partial charge is 0.342 e. The van der Waals surface area contributed by atoms with Crippen LogP contribution in [0.15, 0.2) is 30.5 Å². The van der Waals surface area contributed by atoms with Crippen LogP contribution in [0.4, 0.5) is 5.69 Å². The summed E-state index contributed by atoms with van der Waals surface area (Å²) in [6, 6.07) is 2.90. The molecule has 0 spiro atoms. The van der Waals surface area contributed by atoms with Gasteiger partial charge in [-0.05, 0) is 31.1 Å². The minimum Gasteiger partial charge on any atom is -0.507 e. The molecule has 1 heterocycles. The molecule has 0 aliphatic carbocycles. The predicted octanol–water partition coefficient (Wildman–Crippen LogP) is 1.01. The molecule has 5 atom stereocenters. The molecule has 0 fully saturated rings. The number of cyclic esters (lactones) is 1. The van der Waals surface area contributed by atoms with Crippen LogP contribution < -0.4 is 5.32 Å². The molecular formula is C22H31NO8. The van der Waals surface area contributed by atoms with Crippen molar-refractivity contribution < 1.29 is 39.8 Å². The molecule has 1 aliphatic rings. The van der Waals surface area contributed by atoms with Crippen LogP contribution in [-0.4, -0.2) is 75.7 Å². The van der Waals surface area contributed by atoms with Crippen molar-refractivity contribution in [1.29, 1.82) is 0 Å². The Morgan fingerprint density at radius 3 is 2.68 bits per heavy atom. The zero-order valence-corrected chi connectivity index (χ0v) is 17.6. The summed E-state index contributed by atoms with van der Waals surface area (Å²) in [6.07, 6.45) is 2.54. The molecule has 6 N–H and O–H groups in total. The number of aromatic hydroxyl groups is 1. The fraction of sp³-hybridized carbons (Fsp3) is 0.500. The van der Waals surface area contributed by atoms with E-state index in [2.05, 4.69) is 5.32 Å². The Labute approximate surface area is 181 Å². The van der Waals surface area contributed by atoms with Crippen LogP contribution in [0.3, 0.4) is 0 Å². The first-order valence-corrected chi connectivity index (χ1v) is 10.1. The number of carbonyl (C=O) groups is 1. The van der Waals surface area contributed by atoms with Crippen molar-refractivity contribution in [3.05, 3.63) is 41.7 Å². The summed E-state index contributed by atoms with van der Waals surface area (Å²) >= 11 is 0. The second-order valence-corrected chi connectivity index (χ2v) is 7.58. The van der Waals surface area contributed by atoms with E-state index in [1.54, 1.807) is 25.1 Å². The highest BCUT2D eigenvalue weighted by molar-refractivity contribution is 5.97. The van der Waals surface area contributed by atoms with Crippen molar-refractivity contribution in [1.82, 2.24) is 0 Å². The van der Waals surface area contributed by atoms with Gasteiger partial charge in [0.25, 0.3) is 0 Å². The Morgan fingerprint density at radius 1 is 1.23 bits per heavy atom. The monoisotopic (exact) mass is 437 g/mol. The zero-order valence-electron chi connectivity index (χ0n) is 17.6. The predicted molar refractivity (Wildman–Crippen MR) is 114 cm³/mol.